The highest BCUT2D eigenvalue weighted by Crippen LogP contribution is 2.26. The Bertz CT molecular complexity index is 387. The van der Waals surface area contributed by atoms with Gasteiger partial charge in [0, 0.05) is 37.6 Å². The summed E-state index contributed by atoms with van der Waals surface area (Å²) in [5, 5.41) is 3.59. The van der Waals surface area contributed by atoms with E-state index < -0.39 is 0 Å². The Kier molecular flexibility index (Phi) is 3.57. The summed E-state index contributed by atoms with van der Waals surface area (Å²) >= 11 is 0. The number of rotatable bonds is 3. The van der Waals surface area contributed by atoms with Gasteiger partial charge in [0.15, 0.2) is 0 Å². The van der Waals surface area contributed by atoms with Crippen LogP contribution in [0.1, 0.15) is 24.8 Å². The molecule has 1 aliphatic carbocycles. The highest BCUT2D eigenvalue weighted by Gasteiger charge is 2.21. The van der Waals surface area contributed by atoms with Crippen LogP contribution in [0.3, 0.4) is 0 Å². The molecule has 3 heteroatoms. The Balaban J connectivity index is 2.08. The number of benzene rings is 1. The van der Waals surface area contributed by atoms with E-state index in [1.807, 2.05) is 0 Å². The van der Waals surface area contributed by atoms with Gasteiger partial charge in [-0.05, 0) is 43.9 Å². The van der Waals surface area contributed by atoms with Crippen LogP contribution in [0.15, 0.2) is 18.2 Å². The fraction of sp³-hybridized carbons (Fsp3) is 0.571. The van der Waals surface area contributed by atoms with Crippen LogP contribution in [0.5, 0.6) is 0 Å². The van der Waals surface area contributed by atoms with Crippen molar-refractivity contribution in [3.05, 3.63) is 23.8 Å². The van der Waals surface area contributed by atoms with Crippen molar-refractivity contribution in [2.75, 3.05) is 24.3 Å². The molecule has 0 heterocycles. The zero-order valence-electron chi connectivity index (χ0n) is 11.0. The minimum absolute atomic E-state index is 0.381. The number of aryl methyl sites for hydroxylation is 1. The summed E-state index contributed by atoms with van der Waals surface area (Å²) in [7, 11) is 4.16. The molecule has 0 saturated heterocycles. The van der Waals surface area contributed by atoms with Gasteiger partial charge in [0.25, 0.3) is 0 Å². The maximum atomic E-state index is 5.93. The van der Waals surface area contributed by atoms with E-state index in [2.05, 4.69) is 49.4 Å². The molecule has 0 radical (unpaired) electrons. The molecule has 2 unspecified atom stereocenters. The van der Waals surface area contributed by atoms with E-state index in [0.717, 1.165) is 12.8 Å². The van der Waals surface area contributed by atoms with Gasteiger partial charge in [-0.3, -0.25) is 0 Å². The molecule has 0 spiro atoms. The van der Waals surface area contributed by atoms with Crippen LogP contribution >= 0.6 is 0 Å². The van der Waals surface area contributed by atoms with Crippen LogP contribution in [-0.2, 0) is 0 Å². The molecule has 0 aliphatic heterocycles. The number of nitrogens with zero attached hydrogens (tertiary/aromatic N) is 1. The molecule has 1 aromatic rings. The molecule has 3 nitrogen and oxygen atoms in total. The molecule has 17 heavy (non-hydrogen) atoms. The summed E-state index contributed by atoms with van der Waals surface area (Å²) in [6.45, 7) is 2.14. The van der Waals surface area contributed by atoms with Crippen LogP contribution in [0.2, 0.25) is 0 Å². The second-order valence-electron chi connectivity index (χ2n) is 5.31. The first-order valence-corrected chi connectivity index (χ1v) is 6.36. The van der Waals surface area contributed by atoms with Crippen molar-refractivity contribution in [3.8, 4) is 0 Å². The van der Waals surface area contributed by atoms with E-state index >= 15 is 0 Å². The molecule has 1 saturated carbocycles. The summed E-state index contributed by atoms with van der Waals surface area (Å²) < 4.78 is 0. The smallest absolute Gasteiger partial charge is 0.0411 e. The Labute approximate surface area is 104 Å². The predicted molar refractivity (Wildman–Crippen MR) is 74.7 cm³/mol. The topological polar surface area (TPSA) is 41.3 Å². The van der Waals surface area contributed by atoms with Crippen LogP contribution in [0, 0.1) is 6.92 Å². The van der Waals surface area contributed by atoms with Gasteiger partial charge < -0.3 is 16.0 Å². The minimum atomic E-state index is 0.381. The maximum Gasteiger partial charge on any atom is 0.0411 e. The van der Waals surface area contributed by atoms with Crippen LogP contribution < -0.4 is 16.0 Å². The first kappa shape index (κ1) is 12.2. The van der Waals surface area contributed by atoms with Crippen molar-refractivity contribution in [3.63, 3.8) is 0 Å². The van der Waals surface area contributed by atoms with Gasteiger partial charge in [-0.25, -0.2) is 0 Å². The molecule has 94 valence electrons. The van der Waals surface area contributed by atoms with Crippen molar-refractivity contribution >= 4 is 11.4 Å². The Morgan fingerprint density at radius 1 is 1.29 bits per heavy atom. The summed E-state index contributed by atoms with van der Waals surface area (Å²) in [6.07, 6.45) is 3.42. The fourth-order valence-corrected chi connectivity index (χ4v) is 2.56. The molecule has 0 amide bonds. The summed E-state index contributed by atoms with van der Waals surface area (Å²) in [4.78, 5) is 2.15. The van der Waals surface area contributed by atoms with Crippen molar-refractivity contribution in [1.29, 1.82) is 0 Å². The SMILES string of the molecule is Cc1ccc(NC2CCC(N)C2)cc1N(C)C. The van der Waals surface area contributed by atoms with Gasteiger partial charge in [-0.15, -0.1) is 0 Å². The van der Waals surface area contributed by atoms with Gasteiger partial charge in [0.05, 0.1) is 0 Å². The van der Waals surface area contributed by atoms with E-state index in [0.29, 0.717) is 12.1 Å². The molecule has 1 aromatic carbocycles. The lowest BCUT2D eigenvalue weighted by Gasteiger charge is -2.19. The van der Waals surface area contributed by atoms with Gasteiger partial charge >= 0.3 is 0 Å². The van der Waals surface area contributed by atoms with Crippen LogP contribution in [0.4, 0.5) is 11.4 Å². The van der Waals surface area contributed by atoms with Gasteiger partial charge in [0.1, 0.15) is 0 Å². The number of anilines is 2. The van der Waals surface area contributed by atoms with Crippen molar-refractivity contribution in [2.45, 2.75) is 38.3 Å². The average molecular weight is 233 g/mol. The van der Waals surface area contributed by atoms with E-state index in [9.17, 15) is 0 Å². The lowest BCUT2D eigenvalue weighted by Crippen LogP contribution is -2.21. The van der Waals surface area contributed by atoms with Crippen molar-refractivity contribution < 1.29 is 0 Å². The third kappa shape index (κ3) is 2.91. The third-order valence-electron chi connectivity index (χ3n) is 3.53. The van der Waals surface area contributed by atoms with E-state index in [1.165, 1.54) is 23.4 Å². The predicted octanol–water partition coefficient (Wildman–Crippen LogP) is 2.35. The molecular formula is C14H23N3. The molecule has 3 N–H and O–H groups in total. The molecule has 0 bridgehead atoms. The standard InChI is InChI=1S/C14H23N3/c1-10-4-6-13(9-14(10)17(2)3)16-12-7-5-11(15)8-12/h4,6,9,11-12,16H,5,7-8,15H2,1-3H3. The fourth-order valence-electron chi connectivity index (χ4n) is 2.56. The van der Waals surface area contributed by atoms with Crippen molar-refractivity contribution in [2.24, 2.45) is 5.73 Å². The van der Waals surface area contributed by atoms with E-state index in [4.69, 9.17) is 5.73 Å². The van der Waals surface area contributed by atoms with Gasteiger partial charge in [-0.1, -0.05) is 6.07 Å². The number of nitrogens with two attached hydrogens (primary N) is 1. The first-order valence-electron chi connectivity index (χ1n) is 6.36. The summed E-state index contributed by atoms with van der Waals surface area (Å²) in [5.74, 6) is 0. The Morgan fingerprint density at radius 3 is 2.65 bits per heavy atom. The molecular weight excluding hydrogens is 210 g/mol. The highest BCUT2D eigenvalue weighted by molar-refractivity contribution is 5.62. The zero-order chi connectivity index (χ0) is 12.4. The zero-order valence-corrected chi connectivity index (χ0v) is 11.0. The lowest BCUT2D eigenvalue weighted by atomic mass is 10.1. The second kappa shape index (κ2) is 4.96. The molecule has 2 atom stereocenters. The highest BCUT2D eigenvalue weighted by atomic mass is 15.1. The monoisotopic (exact) mass is 233 g/mol. The summed E-state index contributed by atoms with van der Waals surface area (Å²) in [5.41, 5.74) is 9.72. The second-order valence-corrected chi connectivity index (χ2v) is 5.31. The number of hydrogen-bond donors (Lipinski definition) is 2. The maximum absolute atomic E-state index is 5.93. The third-order valence-corrected chi connectivity index (χ3v) is 3.53. The molecule has 2 rings (SSSR count). The summed E-state index contributed by atoms with van der Waals surface area (Å²) in [6, 6.07) is 7.48. The normalized spacial score (nSPS) is 23.8. The first-order chi connectivity index (χ1) is 8.06. The van der Waals surface area contributed by atoms with Gasteiger partial charge in [-0.2, -0.15) is 0 Å². The average Bonchev–Trinajstić information content (AvgIpc) is 2.66. The van der Waals surface area contributed by atoms with Gasteiger partial charge in [0.2, 0.25) is 0 Å². The largest absolute Gasteiger partial charge is 0.382 e. The Morgan fingerprint density at radius 2 is 2.06 bits per heavy atom. The van der Waals surface area contributed by atoms with Crippen LogP contribution in [-0.4, -0.2) is 26.2 Å². The lowest BCUT2D eigenvalue weighted by molar-refractivity contribution is 0.688. The Hall–Kier alpha value is -1.22. The molecule has 0 aromatic heterocycles. The number of hydrogen-bond acceptors (Lipinski definition) is 3. The van der Waals surface area contributed by atoms with E-state index in [-0.39, 0.29) is 0 Å². The molecule has 1 fully saturated rings. The number of nitrogens with one attached hydrogen (secondary N) is 1. The van der Waals surface area contributed by atoms with Crippen molar-refractivity contribution in [1.82, 2.24) is 0 Å². The minimum Gasteiger partial charge on any atom is -0.382 e. The van der Waals surface area contributed by atoms with Crippen LogP contribution in [0.25, 0.3) is 0 Å². The quantitative estimate of drug-likeness (QED) is 0.842. The molecule has 1 aliphatic rings. The van der Waals surface area contributed by atoms with E-state index in [1.54, 1.807) is 0 Å².